The first-order valence-corrected chi connectivity index (χ1v) is 11.2. The number of rotatable bonds is 6. The number of methoxy groups -OCH3 is 1. The van der Waals surface area contributed by atoms with Gasteiger partial charge in [-0.1, -0.05) is 24.3 Å². The van der Waals surface area contributed by atoms with Crippen molar-refractivity contribution in [2.24, 2.45) is 11.8 Å². The Morgan fingerprint density at radius 1 is 1.16 bits per heavy atom. The molecule has 1 amide bonds. The van der Waals surface area contributed by atoms with Crippen molar-refractivity contribution in [3.05, 3.63) is 60.4 Å². The topological polar surface area (TPSA) is 70.2 Å². The van der Waals surface area contributed by atoms with Crippen LogP contribution < -0.4 is 5.32 Å². The summed E-state index contributed by atoms with van der Waals surface area (Å²) in [4.78, 5) is 22.8. The number of amides is 1. The van der Waals surface area contributed by atoms with Gasteiger partial charge in [0.15, 0.2) is 0 Å². The second kappa shape index (κ2) is 8.71. The number of benzene rings is 1. The number of carbonyl (C=O) groups excluding carboxylic acids is 1. The summed E-state index contributed by atoms with van der Waals surface area (Å²) in [6.07, 6.45) is 7.32. The summed E-state index contributed by atoms with van der Waals surface area (Å²) in [6.45, 7) is 1.71. The number of likely N-dealkylation sites (tertiary alicyclic amines) is 1. The predicted octanol–water partition coefficient (Wildman–Crippen LogP) is 3.86. The number of ether oxygens (including phenoxy) is 1. The molecule has 2 aromatic heterocycles. The van der Waals surface area contributed by atoms with Crippen molar-refractivity contribution < 1.29 is 9.53 Å². The first kappa shape index (κ1) is 20.1. The highest BCUT2D eigenvalue weighted by Gasteiger charge is 2.43. The van der Waals surface area contributed by atoms with Crippen molar-refractivity contribution in [3.63, 3.8) is 0 Å². The summed E-state index contributed by atoms with van der Waals surface area (Å²) in [6, 6.07) is 14.4. The molecule has 1 aliphatic carbocycles. The highest BCUT2D eigenvalue weighted by molar-refractivity contribution is 5.84. The van der Waals surface area contributed by atoms with Crippen LogP contribution in [0.4, 0.5) is 5.82 Å². The predicted molar refractivity (Wildman–Crippen MR) is 122 cm³/mol. The Bertz CT molecular complexity index is 1030. The Balaban J connectivity index is 1.20. The van der Waals surface area contributed by atoms with Crippen LogP contribution >= 0.6 is 0 Å². The molecule has 0 bridgehead atoms. The fraction of sp³-hybridized carbons (Fsp3) is 0.440. The molecule has 2 fully saturated rings. The minimum absolute atomic E-state index is 0.143. The third-order valence-corrected chi connectivity index (χ3v) is 7.05. The average molecular weight is 419 g/mol. The first-order valence-electron chi connectivity index (χ1n) is 11.2. The van der Waals surface area contributed by atoms with Crippen LogP contribution in [0.15, 0.2) is 54.9 Å². The van der Waals surface area contributed by atoms with Crippen LogP contribution in [-0.4, -0.2) is 53.1 Å². The molecule has 1 aromatic carbocycles. The summed E-state index contributed by atoms with van der Waals surface area (Å²) < 4.78 is 5.82. The maximum absolute atomic E-state index is 13.0. The van der Waals surface area contributed by atoms with Gasteiger partial charge in [0.25, 0.3) is 0 Å². The Morgan fingerprint density at radius 3 is 2.77 bits per heavy atom. The van der Waals surface area contributed by atoms with Gasteiger partial charge < -0.3 is 19.9 Å². The van der Waals surface area contributed by atoms with Crippen LogP contribution in [0.2, 0.25) is 0 Å². The summed E-state index contributed by atoms with van der Waals surface area (Å²) in [5.41, 5.74) is 2.36. The Kier molecular flexibility index (Phi) is 5.64. The van der Waals surface area contributed by atoms with Crippen molar-refractivity contribution in [1.29, 1.82) is 0 Å². The number of hydrogen-bond donors (Lipinski definition) is 2. The number of nitrogens with zero attached hydrogens (tertiary/aromatic N) is 2. The van der Waals surface area contributed by atoms with Gasteiger partial charge in [-0.2, -0.15) is 0 Å². The third kappa shape index (κ3) is 4.17. The van der Waals surface area contributed by atoms with Gasteiger partial charge in [-0.25, -0.2) is 4.98 Å². The summed E-state index contributed by atoms with van der Waals surface area (Å²) in [5.74, 6) is 2.19. The van der Waals surface area contributed by atoms with Crippen molar-refractivity contribution in [2.45, 2.75) is 37.8 Å². The molecule has 6 nitrogen and oxygen atoms in total. The lowest BCUT2D eigenvalue weighted by Gasteiger charge is -2.37. The molecule has 5 rings (SSSR count). The van der Waals surface area contributed by atoms with Crippen LogP contribution in [0.3, 0.4) is 0 Å². The fourth-order valence-corrected chi connectivity index (χ4v) is 5.41. The van der Waals surface area contributed by atoms with E-state index in [-0.39, 0.29) is 18.1 Å². The molecule has 1 aliphatic heterocycles. The number of fused-ring (bicyclic) bond motifs is 2. The maximum atomic E-state index is 13.0. The zero-order valence-electron chi connectivity index (χ0n) is 18.0. The van der Waals surface area contributed by atoms with E-state index in [2.05, 4.69) is 32.3 Å². The molecule has 1 saturated carbocycles. The minimum atomic E-state index is 0.143. The molecule has 3 heterocycles. The molecule has 31 heavy (non-hydrogen) atoms. The van der Waals surface area contributed by atoms with E-state index in [9.17, 15) is 4.79 Å². The van der Waals surface area contributed by atoms with Crippen molar-refractivity contribution >= 4 is 22.6 Å². The molecule has 6 heteroatoms. The van der Waals surface area contributed by atoms with Crippen LogP contribution in [0.25, 0.3) is 10.9 Å². The quantitative estimate of drug-likeness (QED) is 0.638. The monoisotopic (exact) mass is 418 g/mol. The molecule has 3 aromatic rings. The summed E-state index contributed by atoms with van der Waals surface area (Å²) in [5, 5.41) is 4.78. The first-order chi connectivity index (χ1) is 15.2. The van der Waals surface area contributed by atoms with E-state index in [0.29, 0.717) is 18.3 Å². The number of aromatic nitrogens is 2. The van der Waals surface area contributed by atoms with Gasteiger partial charge in [-0.3, -0.25) is 4.79 Å². The Labute approximate surface area is 183 Å². The standard InChI is InChI=1S/C25H30N4O2/c1-31-23-13-19-16-29(15-18(19)12-22(23)28-24-8-4-5-11-26-24)25(30)10-9-17-14-27-21-7-3-2-6-20(17)21/h2-8,11,14,18-19,22-23,27H,9-10,12-13,15-16H2,1H3,(H,26,28)/t18-,19+,22-,23-/m1/s1. The summed E-state index contributed by atoms with van der Waals surface area (Å²) >= 11 is 0. The smallest absolute Gasteiger partial charge is 0.222 e. The largest absolute Gasteiger partial charge is 0.379 e. The van der Waals surface area contributed by atoms with Crippen LogP contribution in [0, 0.1) is 11.8 Å². The number of nitrogens with one attached hydrogen (secondary N) is 2. The van der Waals surface area contributed by atoms with E-state index < -0.39 is 0 Å². The van der Waals surface area contributed by atoms with E-state index in [1.807, 2.05) is 36.5 Å². The fourth-order valence-electron chi connectivity index (χ4n) is 5.41. The molecule has 4 atom stereocenters. The zero-order chi connectivity index (χ0) is 21.2. The van der Waals surface area contributed by atoms with Crippen molar-refractivity contribution in [3.8, 4) is 0 Å². The van der Waals surface area contributed by atoms with Gasteiger partial charge in [0.05, 0.1) is 12.1 Å². The molecule has 0 spiro atoms. The second-order valence-electron chi connectivity index (χ2n) is 8.89. The van der Waals surface area contributed by atoms with Gasteiger partial charge >= 0.3 is 0 Å². The lowest BCUT2D eigenvalue weighted by Crippen LogP contribution is -2.44. The van der Waals surface area contributed by atoms with E-state index >= 15 is 0 Å². The van der Waals surface area contributed by atoms with Crippen molar-refractivity contribution in [2.75, 3.05) is 25.5 Å². The van der Waals surface area contributed by atoms with Gasteiger partial charge in [-0.15, -0.1) is 0 Å². The van der Waals surface area contributed by atoms with Gasteiger partial charge in [0, 0.05) is 49.9 Å². The highest BCUT2D eigenvalue weighted by atomic mass is 16.5. The summed E-state index contributed by atoms with van der Waals surface area (Å²) in [7, 11) is 1.79. The third-order valence-electron chi connectivity index (χ3n) is 7.05. The van der Waals surface area contributed by atoms with E-state index in [1.165, 1.54) is 10.9 Å². The normalized spacial score (nSPS) is 25.5. The molecular weight excluding hydrogens is 388 g/mol. The number of pyridine rings is 1. The van der Waals surface area contributed by atoms with E-state index in [4.69, 9.17) is 4.74 Å². The van der Waals surface area contributed by atoms with Crippen LogP contribution in [0.5, 0.6) is 0 Å². The number of anilines is 1. The Morgan fingerprint density at radius 2 is 1.97 bits per heavy atom. The highest BCUT2D eigenvalue weighted by Crippen LogP contribution is 2.38. The lowest BCUT2D eigenvalue weighted by molar-refractivity contribution is -0.130. The van der Waals surface area contributed by atoms with Crippen molar-refractivity contribution in [1.82, 2.24) is 14.9 Å². The van der Waals surface area contributed by atoms with Gasteiger partial charge in [0.2, 0.25) is 5.91 Å². The molecule has 0 unspecified atom stereocenters. The molecular formula is C25H30N4O2. The number of aryl methyl sites for hydroxylation is 1. The molecule has 162 valence electrons. The average Bonchev–Trinajstić information content (AvgIpc) is 3.41. The number of aromatic amines is 1. The molecule has 2 aliphatic rings. The second-order valence-corrected chi connectivity index (χ2v) is 8.89. The van der Waals surface area contributed by atoms with Gasteiger partial charge in [-0.05, 0) is 54.9 Å². The maximum Gasteiger partial charge on any atom is 0.222 e. The molecule has 1 saturated heterocycles. The lowest BCUT2D eigenvalue weighted by atomic mass is 9.77. The molecule has 2 N–H and O–H groups in total. The van der Waals surface area contributed by atoms with E-state index in [0.717, 1.165) is 43.7 Å². The number of carbonyl (C=O) groups is 1. The zero-order valence-corrected chi connectivity index (χ0v) is 18.0. The van der Waals surface area contributed by atoms with E-state index in [1.54, 1.807) is 13.3 Å². The van der Waals surface area contributed by atoms with Gasteiger partial charge in [0.1, 0.15) is 5.82 Å². The number of H-pyrrole nitrogens is 1. The number of hydrogen-bond acceptors (Lipinski definition) is 4. The SMILES string of the molecule is CO[C@@H]1C[C@H]2CN(C(=O)CCc3c[nH]c4ccccc34)C[C@H]2C[C@H]1Nc1ccccn1. The molecule has 0 radical (unpaired) electrons. The Hall–Kier alpha value is -2.86. The minimum Gasteiger partial charge on any atom is -0.379 e. The van der Waals surface area contributed by atoms with Crippen LogP contribution in [0.1, 0.15) is 24.8 Å². The number of para-hydroxylation sites is 1. The van der Waals surface area contributed by atoms with Crippen LogP contribution in [-0.2, 0) is 16.0 Å².